The van der Waals surface area contributed by atoms with E-state index in [-0.39, 0.29) is 5.91 Å². The number of aromatic amines is 1. The molecule has 0 saturated heterocycles. The molecule has 0 spiro atoms. The summed E-state index contributed by atoms with van der Waals surface area (Å²) in [7, 11) is 0. The van der Waals surface area contributed by atoms with Crippen LogP contribution in [0.4, 0.5) is 0 Å². The molecule has 0 bridgehead atoms. The number of aryl methyl sites for hydroxylation is 1. The lowest BCUT2D eigenvalue weighted by Crippen LogP contribution is -2.40. The first-order valence-corrected chi connectivity index (χ1v) is 11.4. The van der Waals surface area contributed by atoms with E-state index < -0.39 is 12.0 Å². The molecule has 0 unspecified atom stereocenters. The predicted octanol–water partition coefficient (Wildman–Crippen LogP) is 4.18. The number of hydrogen-bond donors (Lipinski definition) is 3. The van der Waals surface area contributed by atoms with Gasteiger partial charge in [-0.2, -0.15) is 5.21 Å². The van der Waals surface area contributed by atoms with Crippen LogP contribution in [0.25, 0.3) is 0 Å². The normalized spacial score (nSPS) is 12.0. The van der Waals surface area contributed by atoms with Crippen LogP contribution in [0.2, 0.25) is 0 Å². The molecule has 0 aliphatic heterocycles. The monoisotopic (exact) mass is 409 g/mol. The SMILES string of the molecule is CC[C@H](NC(=O)CCCCCCCCCCCCCCCc1nn[nH]n1)C(=O)O. The third kappa shape index (κ3) is 13.8. The highest BCUT2D eigenvalue weighted by molar-refractivity contribution is 5.83. The Morgan fingerprint density at radius 1 is 0.897 bits per heavy atom. The van der Waals surface area contributed by atoms with E-state index in [2.05, 4.69) is 25.9 Å². The number of aliphatic carboxylic acids is 1. The summed E-state index contributed by atoms with van der Waals surface area (Å²) in [4.78, 5) is 22.6. The van der Waals surface area contributed by atoms with Crippen molar-refractivity contribution >= 4 is 11.9 Å². The fourth-order valence-electron chi connectivity index (χ4n) is 3.41. The smallest absolute Gasteiger partial charge is 0.326 e. The molecule has 0 aliphatic rings. The molecule has 0 radical (unpaired) electrons. The summed E-state index contributed by atoms with van der Waals surface area (Å²) >= 11 is 0. The van der Waals surface area contributed by atoms with E-state index in [1.165, 1.54) is 57.8 Å². The van der Waals surface area contributed by atoms with Gasteiger partial charge in [-0.25, -0.2) is 4.79 Å². The summed E-state index contributed by atoms with van der Waals surface area (Å²) in [5.74, 6) is -0.285. The molecule has 1 rings (SSSR count). The fraction of sp³-hybridized carbons (Fsp3) is 0.857. The molecule has 1 amide bonds. The third-order valence-electron chi connectivity index (χ3n) is 5.23. The topological polar surface area (TPSA) is 121 Å². The van der Waals surface area contributed by atoms with Gasteiger partial charge in [0.2, 0.25) is 5.91 Å². The minimum absolute atomic E-state index is 0.144. The van der Waals surface area contributed by atoms with Crippen molar-refractivity contribution in [3.8, 4) is 0 Å². The van der Waals surface area contributed by atoms with E-state index in [4.69, 9.17) is 5.11 Å². The minimum Gasteiger partial charge on any atom is -0.480 e. The first kappa shape index (κ1) is 25.0. The number of nitrogens with zero attached hydrogens (tertiary/aromatic N) is 3. The van der Waals surface area contributed by atoms with Crippen LogP contribution < -0.4 is 5.32 Å². The molecule has 3 N–H and O–H groups in total. The van der Waals surface area contributed by atoms with Crippen LogP contribution in [0, 0.1) is 0 Å². The van der Waals surface area contributed by atoms with E-state index in [0.29, 0.717) is 12.8 Å². The lowest BCUT2D eigenvalue weighted by atomic mass is 10.0. The number of carboxylic acids is 1. The first-order valence-electron chi connectivity index (χ1n) is 11.4. The van der Waals surface area contributed by atoms with Gasteiger partial charge in [0.1, 0.15) is 6.04 Å². The van der Waals surface area contributed by atoms with Crippen LogP contribution in [0.15, 0.2) is 0 Å². The number of hydrogen-bond acceptors (Lipinski definition) is 5. The van der Waals surface area contributed by atoms with Crippen molar-refractivity contribution in [2.75, 3.05) is 0 Å². The Morgan fingerprint density at radius 2 is 1.41 bits per heavy atom. The lowest BCUT2D eigenvalue weighted by Gasteiger charge is -2.11. The summed E-state index contributed by atoms with van der Waals surface area (Å²) in [5, 5.41) is 25.5. The highest BCUT2D eigenvalue weighted by Crippen LogP contribution is 2.13. The zero-order valence-corrected chi connectivity index (χ0v) is 18.0. The van der Waals surface area contributed by atoms with Gasteiger partial charge >= 0.3 is 5.97 Å². The Kier molecular flexibility index (Phi) is 14.6. The Bertz CT molecular complexity index is 536. The minimum atomic E-state index is -0.957. The first-order chi connectivity index (χ1) is 14.1. The molecule has 166 valence electrons. The molecule has 1 atom stereocenters. The summed E-state index contributed by atoms with van der Waals surface area (Å²) in [5.41, 5.74) is 0. The van der Waals surface area contributed by atoms with Gasteiger partial charge in [0.05, 0.1) is 0 Å². The highest BCUT2D eigenvalue weighted by atomic mass is 16.4. The van der Waals surface area contributed by atoms with Crippen molar-refractivity contribution in [3.63, 3.8) is 0 Å². The number of carboxylic acid groups (broad SMARTS) is 1. The quantitative estimate of drug-likeness (QED) is 0.295. The van der Waals surface area contributed by atoms with Gasteiger partial charge in [0.25, 0.3) is 0 Å². The largest absolute Gasteiger partial charge is 0.480 e. The third-order valence-corrected chi connectivity index (χ3v) is 5.23. The second-order valence-corrected chi connectivity index (χ2v) is 7.79. The van der Waals surface area contributed by atoms with Gasteiger partial charge in [-0.1, -0.05) is 82.8 Å². The number of unbranched alkanes of at least 4 members (excludes halogenated alkanes) is 12. The number of aromatic nitrogens is 4. The Morgan fingerprint density at radius 3 is 1.86 bits per heavy atom. The van der Waals surface area contributed by atoms with E-state index >= 15 is 0 Å². The van der Waals surface area contributed by atoms with Crippen molar-refractivity contribution in [2.24, 2.45) is 0 Å². The van der Waals surface area contributed by atoms with Crippen molar-refractivity contribution in [1.82, 2.24) is 25.9 Å². The Balaban J connectivity index is 1.77. The maximum Gasteiger partial charge on any atom is 0.326 e. The van der Waals surface area contributed by atoms with Gasteiger partial charge < -0.3 is 10.4 Å². The zero-order valence-electron chi connectivity index (χ0n) is 18.0. The second kappa shape index (κ2) is 16.9. The van der Waals surface area contributed by atoms with Gasteiger partial charge in [-0.3, -0.25) is 4.79 Å². The summed E-state index contributed by atoms with van der Waals surface area (Å²) in [6.45, 7) is 1.76. The van der Waals surface area contributed by atoms with E-state index in [9.17, 15) is 9.59 Å². The van der Waals surface area contributed by atoms with E-state index in [0.717, 1.165) is 37.9 Å². The van der Waals surface area contributed by atoms with E-state index in [1.807, 2.05) is 0 Å². The summed E-state index contributed by atoms with van der Waals surface area (Å²) < 4.78 is 0. The molecule has 0 fully saturated rings. The average molecular weight is 410 g/mol. The van der Waals surface area contributed by atoms with Crippen molar-refractivity contribution in [1.29, 1.82) is 0 Å². The van der Waals surface area contributed by atoms with Crippen LogP contribution in [0.5, 0.6) is 0 Å². The lowest BCUT2D eigenvalue weighted by molar-refractivity contribution is -0.141. The molecule has 1 aromatic rings. The van der Waals surface area contributed by atoms with Crippen molar-refractivity contribution in [3.05, 3.63) is 5.82 Å². The molecule has 8 heteroatoms. The second-order valence-electron chi connectivity index (χ2n) is 7.79. The van der Waals surface area contributed by atoms with Crippen LogP contribution in [-0.4, -0.2) is 43.6 Å². The fourth-order valence-corrected chi connectivity index (χ4v) is 3.41. The molecule has 0 saturated carbocycles. The Hall–Kier alpha value is -1.99. The number of carbonyl (C=O) groups is 2. The van der Waals surface area contributed by atoms with Gasteiger partial charge in [0.15, 0.2) is 5.82 Å². The van der Waals surface area contributed by atoms with Crippen LogP contribution in [0.3, 0.4) is 0 Å². The number of carbonyl (C=O) groups excluding carboxylic acids is 1. The van der Waals surface area contributed by atoms with Crippen molar-refractivity contribution < 1.29 is 14.7 Å². The van der Waals surface area contributed by atoms with E-state index in [1.54, 1.807) is 6.92 Å². The molecule has 8 nitrogen and oxygen atoms in total. The number of H-pyrrole nitrogens is 1. The molecule has 1 aromatic heterocycles. The molecular formula is C21H39N5O3. The molecule has 1 heterocycles. The molecule has 0 aliphatic carbocycles. The highest BCUT2D eigenvalue weighted by Gasteiger charge is 2.16. The molecule has 29 heavy (non-hydrogen) atoms. The number of tetrazole rings is 1. The van der Waals surface area contributed by atoms with Crippen LogP contribution >= 0.6 is 0 Å². The maximum atomic E-state index is 11.7. The standard InChI is InChI=1S/C21H39N5O3/c1-2-18(21(28)29)22-20(27)17-15-13-11-9-7-5-3-4-6-8-10-12-14-16-19-23-25-26-24-19/h18H,2-17H2,1H3,(H,22,27)(H,28,29)(H,23,24,25,26)/t18-/m0/s1. The summed E-state index contributed by atoms with van der Waals surface area (Å²) in [6.07, 6.45) is 17.6. The average Bonchev–Trinajstić information content (AvgIpc) is 3.22. The molecule has 0 aromatic carbocycles. The van der Waals surface area contributed by atoms with Crippen molar-refractivity contribution in [2.45, 2.75) is 116 Å². The number of rotatable bonds is 19. The van der Waals surface area contributed by atoms with Crippen LogP contribution in [0.1, 0.15) is 109 Å². The van der Waals surface area contributed by atoms with Gasteiger partial charge in [-0.05, 0) is 19.3 Å². The summed E-state index contributed by atoms with van der Waals surface area (Å²) in [6, 6.07) is -0.751. The zero-order chi connectivity index (χ0) is 21.2. The number of amides is 1. The predicted molar refractivity (Wildman–Crippen MR) is 112 cm³/mol. The van der Waals surface area contributed by atoms with Gasteiger partial charge in [-0.15, -0.1) is 10.2 Å². The number of nitrogens with one attached hydrogen (secondary N) is 2. The molecular weight excluding hydrogens is 370 g/mol. The van der Waals surface area contributed by atoms with Gasteiger partial charge in [0, 0.05) is 12.8 Å². The van der Waals surface area contributed by atoms with Crippen LogP contribution in [-0.2, 0) is 16.0 Å². The maximum absolute atomic E-state index is 11.7. The Labute approximate surface area is 174 Å².